The molecule has 2 fully saturated rings. The van der Waals surface area contributed by atoms with Crippen molar-refractivity contribution in [1.29, 1.82) is 0 Å². The van der Waals surface area contributed by atoms with E-state index >= 15 is 0 Å². The summed E-state index contributed by atoms with van der Waals surface area (Å²) in [7, 11) is 2.11. The third-order valence-electron chi connectivity index (χ3n) is 7.07. The average molecular weight is 412 g/mol. The van der Waals surface area contributed by atoms with E-state index in [-0.39, 0.29) is 35.6 Å². The second kappa shape index (κ2) is 6.49. The molecule has 1 amide bonds. The van der Waals surface area contributed by atoms with E-state index in [1.54, 1.807) is 6.20 Å². The highest BCUT2D eigenvalue weighted by Crippen LogP contribution is 2.50. The minimum Gasteiger partial charge on any atom is -0.474 e. The lowest BCUT2D eigenvalue weighted by atomic mass is 9.94. The summed E-state index contributed by atoms with van der Waals surface area (Å²) < 4.78 is 20.7. The van der Waals surface area contributed by atoms with E-state index in [1.165, 1.54) is 6.20 Å². The fourth-order valence-corrected chi connectivity index (χ4v) is 5.63. The number of amides is 1. The van der Waals surface area contributed by atoms with Gasteiger partial charge in [-0.3, -0.25) is 14.7 Å². The Labute approximate surface area is 174 Å². The van der Waals surface area contributed by atoms with Gasteiger partial charge in [-0.25, -0.2) is 9.37 Å². The Morgan fingerprint density at radius 3 is 2.93 bits per heavy atom. The van der Waals surface area contributed by atoms with E-state index in [9.17, 15) is 9.18 Å². The minimum atomic E-state index is -0.476. The number of anilines is 2. The predicted molar refractivity (Wildman–Crippen MR) is 111 cm³/mol. The largest absolute Gasteiger partial charge is 0.474 e. The van der Waals surface area contributed by atoms with Gasteiger partial charge in [-0.1, -0.05) is 0 Å². The van der Waals surface area contributed by atoms with Crippen molar-refractivity contribution in [3.63, 3.8) is 0 Å². The van der Waals surface area contributed by atoms with Gasteiger partial charge < -0.3 is 19.9 Å². The lowest BCUT2D eigenvalue weighted by molar-refractivity contribution is -0.121. The van der Waals surface area contributed by atoms with Crippen LogP contribution in [0.3, 0.4) is 0 Å². The first kappa shape index (κ1) is 18.3. The van der Waals surface area contributed by atoms with E-state index in [0.717, 1.165) is 25.1 Å². The first-order valence-corrected chi connectivity index (χ1v) is 10.7. The maximum absolute atomic E-state index is 14.6. The van der Waals surface area contributed by atoms with Crippen LogP contribution in [-0.4, -0.2) is 78.2 Å². The molecule has 1 N–H and O–H groups in total. The van der Waals surface area contributed by atoms with Gasteiger partial charge in [-0.05, 0) is 33.4 Å². The number of likely N-dealkylation sites (tertiary alicyclic amines) is 1. The predicted octanol–water partition coefficient (Wildman–Crippen LogP) is 1.14. The molecule has 9 heteroatoms. The third-order valence-corrected chi connectivity index (χ3v) is 7.07. The summed E-state index contributed by atoms with van der Waals surface area (Å²) in [6, 6.07) is 0.0294. The molecule has 0 saturated carbocycles. The van der Waals surface area contributed by atoms with E-state index in [2.05, 4.69) is 39.1 Å². The number of pyridine rings is 2. The second-order valence-corrected chi connectivity index (χ2v) is 8.89. The summed E-state index contributed by atoms with van der Waals surface area (Å²) in [6.45, 7) is 4.69. The lowest BCUT2D eigenvalue weighted by Gasteiger charge is -2.52. The molecule has 0 spiro atoms. The number of aromatic nitrogens is 2. The minimum absolute atomic E-state index is 0.0715. The van der Waals surface area contributed by atoms with Crippen LogP contribution in [0.1, 0.15) is 19.8 Å². The third kappa shape index (κ3) is 2.42. The summed E-state index contributed by atoms with van der Waals surface area (Å²) in [5.74, 6) is -0.0595. The van der Waals surface area contributed by atoms with Gasteiger partial charge in [0.25, 0.3) is 5.91 Å². The van der Waals surface area contributed by atoms with E-state index in [0.29, 0.717) is 36.6 Å². The molecular formula is C21H25FN6O2. The van der Waals surface area contributed by atoms with Crippen LogP contribution in [-0.2, 0) is 4.79 Å². The van der Waals surface area contributed by atoms with Gasteiger partial charge in [0.1, 0.15) is 23.9 Å². The van der Waals surface area contributed by atoms with Gasteiger partial charge in [0.05, 0.1) is 17.9 Å². The van der Waals surface area contributed by atoms with Crippen molar-refractivity contribution in [2.75, 3.05) is 43.1 Å². The van der Waals surface area contributed by atoms with Gasteiger partial charge in [-0.15, -0.1) is 0 Å². The fraction of sp³-hybridized carbons (Fsp3) is 0.571. The Kier molecular flexibility index (Phi) is 3.95. The zero-order valence-electron chi connectivity index (χ0n) is 17.1. The number of nitrogens with zero attached hydrogens (tertiary/aromatic N) is 5. The van der Waals surface area contributed by atoms with Crippen molar-refractivity contribution in [2.24, 2.45) is 0 Å². The number of halogens is 1. The van der Waals surface area contributed by atoms with Crippen LogP contribution in [0, 0.1) is 5.82 Å². The Balaban J connectivity index is 1.61. The molecule has 0 aliphatic carbocycles. The second-order valence-electron chi connectivity index (χ2n) is 8.89. The summed E-state index contributed by atoms with van der Waals surface area (Å²) >= 11 is 0. The summed E-state index contributed by atoms with van der Waals surface area (Å²) in [5.41, 5.74) is 1.75. The van der Waals surface area contributed by atoms with Crippen molar-refractivity contribution < 1.29 is 13.9 Å². The standard InChI is InChI=1S/C21H25FN6O2/c1-11-9-27-15(8-24-11)21(29)28-16(14-4-3-5-26(14)2)10-30-20-19(28)18(27)12-6-23-7-13(22)17(12)25-20/h6-7,11,14-16,24H,3-5,8-10H2,1-2H3/t11?,14-,15?,16?/m0/s1. The highest BCUT2D eigenvalue weighted by atomic mass is 19.1. The van der Waals surface area contributed by atoms with Crippen LogP contribution in [0.15, 0.2) is 12.4 Å². The van der Waals surface area contributed by atoms with Gasteiger partial charge in [0, 0.05) is 36.8 Å². The number of ether oxygens (including phenoxy) is 1. The van der Waals surface area contributed by atoms with Crippen LogP contribution in [0.25, 0.3) is 10.9 Å². The molecule has 4 aliphatic rings. The molecule has 4 aliphatic heterocycles. The molecule has 3 unspecified atom stereocenters. The zero-order valence-corrected chi connectivity index (χ0v) is 17.1. The number of hydrogen-bond donors (Lipinski definition) is 1. The Morgan fingerprint density at radius 2 is 2.13 bits per heavy atom. The summed E-state index contributed by atoms with van der Waals surface area (Å²) in [4.78, 5) is 28.7. The fourth-order valence-electron chi connectivity index (χ4n) is 5.63. The van der Waals surface area contributed by atoms with Gasteiger partial charge >= 0.3 is 0 Å². The number of fused-ring (bicyclic) bond motifs is 4. The Morgan fingerprint density at radius 1 is 1.27 bits per heavy atom. The molecule has 2 aromatic rings. The number of carbonyl (C=O) groups excluding carboxylic acids is 1. The number of carbonyl (C=O) groups is 1. The number of hydrogen-bond acceptors (Lipinski definition) is 7. The molecule has 2 aromatic heterocycles. The first-order chi connectivity index (χ1) is 14.5. The van der Waals surface area contributed by atoms with Gasteiger partial charge in [0.15, 0.2) is 5.82 Å². The number of nitrogens with one attached hydrogen (secondary N) is 1. The number of rotatable bonds is 1. The van der Waals surface area contributed by atoms with Crippen molar-refractivity contribution in [2.45, 2.75) is 43.9 Å². The van der Waals surface area contributed by atoms with Crippen molar-refractivity contribution in [3.8, 4) is 5.88 Å². The lowest BCUT2D eigenvalue weighted by Crippen LogP contribution is -2.68. The highest BCUT2D eigenvalue weighted by molar-refractivity contribution is 6.14. The molecule has 0 aromatic carbocycles. The SMILES string of the molecule is CC1CN2c3c4c(nc5c(F)cncc35)OCC([C@@H]3CCCN3C)N4C(=O)C2CN1. The quantitative estimate of drug-likeness (QED) is 0.753. The van der Waals surface area contributed by atoms with Crippen LogP contribution >= 0.6 is 0 Å². The molecular weight excluding hydrogens is 387 g/mol. The van der Waals surface area contributed by atoms with Crippen molar-refractivity contribution >= 4 is 28.2 Å². The Bertz CT molecular complexity index is 1050. The van der Waals surface area contributed by atoms with Gasteiger partial charge in [-0.2, -0.15) is 0 Å². The van der Waals surface area contributed by atoms with Crippen LogP contribution in [0.2, 0.25) is 0 Å². The molecule has 0 bridgehead atoms. The van der Waals surface area contributed by atoms with Crippen LogP contribution in [0.5, 0.6) is 5.88 Å². The smallest absolute Gasteiger partial charge is 0.251 e. The van der Waals surface area contributed by atoms with E-state index in [4.69, 9.17) is 4.74 Å². The van der Waals surface area contributed by atoms with Gasteiger partial charge in [0.2, 0.25) is 5.88 Å². The monoisotopic (exact) mass is 412 g/mol. The number of piperazine rings is 1. The van der Waals surface area contributed by atoms with Crippen LogP contribution in [0.4, 0.5) is 15.8 Å². The summed E-state index contributed by atoms with van der Waals surface area (Å²) in [5, 5.41) is 4.07. The molecule has 2 saturated heterocycles. The van der Waals surface area contributed by atoms with E-state index in [1.807, 2.05) is 4.90 Å². The summed E-state index contributed by atoms with van der Waals surface area (Å²) in [6.07, 6.45) is 4.97. The number of likely N-dealkylation sites (N-methyl/N-ethyl adjacent to an activating group) is 1. The molecule has 8 nitrogen and oxygen atoms in total. The van der Waals surface area contributed by atoms with Crippen LogP contribution < -0.4 is 19.9 Å². The average Bonchev–Trinajstić information content (AvgIpc) is 3.16. The molecule has 6 rings (SSSR count). The topological polar surface area (TPSA) is 73.8 Å². The van der Waals surface area contributed by atoms with E-state index < -0.39 is 5.82 Å². The highest BCUT2D eigenvalue weighted by Gasteiger charge is 2.50. The first-order valence-electron chi connectivity index (χ1n) is 10.7. The maximum atomic E-state index is 14.6. The van der Waals surface area contributed by atoms with Crippen molar-refractivity contribution in [1.82, 2.24) is 20.2 Å². The molecule has 30 heavy (non-hydrogen) atoms. The molecule has 4 atom stereocenters. The normalized spacial score (nSPS) is 31.0. The molecule has 0 radical (unpaired) electrons. The molecule has 158 valence electrons. The molecule has 6 heterocycles. The van der Waals surface area contributed by atoms with Crippen molar-refractivity contribution in [3.05, 3.63) is 18.2 Å². The maximum Gasteiger partial charge on any atom is 0.251 e. The zero-order chi connectivity index (χ0) is 20.6. The Hall–Kier alpha value is -2.52.